The van der Waals surface area contributed by atoms with E-state index in [1.807, 2.05) is 0 Å². The number of aryl methyl sites for hydroxylation is 1. The molecule has 0 aliphatic heterocycles. The molecule has 1 heteroatoms. The van der Waals surface area contributed by atoms with Crippen molar-refractivity contribution >= 4 is 10.9 Å². The topological polar surface area (TPSA) is 4.93 Å². The van der Waals surface area contributed by atoms with E-state index < -0.39 is 0 Å². The van der Waals surface area contributed by atoms with Crippen LogP contribution in [0.4, 0.5) is 0 Å². The first-order valence-electron chi connectivity index (χ1n) is 8.15. The molecule has 110 valence electrons. The largest absolute Gasteiger partial charge is 0.343 e. The highest BCUT2D eigenvalue weighted by Gasteiger charge is 2.22. The molecular weight excluding hydrogens is 266 g/mol. The van der Waals surface area contributed by atoms with Crippen LogP contribution in [0.15, 0.2) is 66.7 Å². The Hall–Kier alpha value is -2.28. The molecule has 0 fully saturated rings. The maximum Gasteiger partial charge on any atom is 0.0527 e. The van der Waals surface area contributed by atoms with Crippen LogP contribution >= 0.6 is 0 Å². The number of hydrogen-bond acceptors (Lipinski definition) is 0. The van der Waals surface area contributed by atoms with Crippen LogP contribution in [0.3, 0.4) is 0 Å². The van der Waals surface area contributed by atoms with E-state index in [9.17, 15) is 0 Å². The van der Waals surface area contributed by atoms with Crippen molar-refractivity contribution < 1.29 is 0 Å². The predicted molar refractivity (Wildman–Crippen MR) is 94.1 cm³/mol. The van der Waals surface area contributed by atoms with Crippen LogP contribution in [0, 0.1) is 0 Å². The van der Waals surface area contributed by atoms with Crippen molar-refractivity contribution in [2.75, 3.05) is 0 Å². The van der Waals surface area contributed by atoms with Crippen LogP contribution in [0.5, 0.6) is 0 Å². The van der Waals surface area contributed by atoms with Crippen LogP contribution in [-0.4, -0.2) is 4.57 Å². The summed E-state index contributed by atoms with van der Waals surface area (Å²) in [4.78, 5) is 0. The Kier molecular flexibility index (Phi) is 3.34. The minimum absolute atomic E-state index is 0.537. The average molecular weight is 287 g/mol. The Morgan fingerprint density at radius 1 is 0.955 bits per heavy atom. The third-order valence-corrected chi connectivity index (χ3v) is 4.82. The standard InChI is InChI=1S/C21H21N/c1-22-19-15-9-8-14-18(19)20(16-10-4-2-5-11-16)21(22)17-12-6-3-7-13-17/h3-4,6-10,12-16H,2,5,11H2,1H3/t16-/m1/s1. The van der Waals surface area contributed by atoms with Gasteiger partial charge in [0.1, 0.15) is 0 Å². The molecule has 1 aliphatic rings. The Bertz CT molecular complexity index is 824. The van der Waals surface area contributed by atoms with Crippen molar-refractivity contribution in [3.8, 4) is 11.3 Å². The predicted octanol–water partition coefficient (Wildman–Crippen LogP) is 5.67. The normalized spacial score (nSPS) is 18.0. The Balaban J connectivity index is 2.03. The van der Waals surface area contributed by atoms with Gasteiger partial charge in [0, 0.05) is 23.9 Å². The molecular formula is C21H21N. The molecule has 0 saturated carbocycles. The molecule has 22 heavy (non-hydrogen) atoms. The molecule has 1 nitrogen and oxygen atoms in total. The highest BCUT2D eigenvalue weighted by atomic mass is 15.0. The average Bonchev–Trinajstić information content (AvgIpc) is 2.90. The lowest BCUT2D eigenvalue weighted by atomic mass is 9.86. The molecule has 0 spiro atoms. The second kappa shape index (κ2) is 5.49. The van der Waals surface area contributed by atoms with Crippen LogP contribution < -0.4 is 0 Å². The summed E-state index contributed by atoms with van der Waals surface area (Å²) >= 11 is 0. The Morgan fingerprint density at radius 2 is 1.73 bits per heavy atom. The zero-order chi connectivity index (χ0) is 14.9. The van der Waals surface area contributed by atoms with Crippen molar-refractivity contribution in [3.05, 3.63) is 72.3 Å². The molecule has 2 aromatic carbocycles. The van der Waals surface area contributed by atoms with E-state index in [1.165, 1.54) is 47.0 Å². The summed E-state index contributed by atoms with van der Waals surface area (Å²) in [5.74, 6) is 0.537. The summed E-state index contributed by atoms with van der Waals surface area (Å²) in [6.07, 6.45) is 8.54. The van der Waals surface area contributed by atoms with Crippen molar-refractivity contribution in [1.82, 2.24) is 4.57 Å². The Morgan fingerprint density at radius 3 is 2.50 bits per heavy atom. The molecule has 0 radical (unpaired) electrons. The molecule has 1 atom stereocenters. The fourth-order valence-electron chi connectivity index (χ4n) is 3.80. The van der Waals surface area contributed by atoms with Crippen LogP contribution in [0.1, 0.15) is 30.7 Å². The van der Waals surface area contributed by atoms with Gasteiger partial charge in [-0.3, -0.25) is 0 Å². The quantitative estimate of drug-likeness (QED) is 0.535. The van der Waals surface area contributed by atoms with Gasteiger partial charge >= 0.3 is 0 Å². The van der Waals surface area contributed by atoms with Gasteiger partial charge in [-0.2, -0.15) is 0 Å². The van der Waals surface area contributed by atoms with E-state index >= 15 is 0 Å². The maximum absolute atomic E-state index is 2.41. The van der Waals surface area contributed by atoms with Gasteiger partial charge in [-0.1, -0.05) is 60.7 Å². The third kappa shape index (κ3) is 2.09. The first-order valence-corrected chi connectivity index (χ1v) is 8.15. The highest BCUT2D eigenvalue weighted by molar-refractivity contribution is 5.92. The molecule has 1 aliphatic carbocycles. The molecule has 4 rings (SSSR count). The maximum atomic E-state index is 2.41. The van der Waals surface area contributed by atoms with Gasteiger partial charge in [0.15, 0.2) is 0 Å². The summed E-state index contributed by atoms with van der Waals surface area (Å²) < 4.78 is 2.36. The number of aromatic nitrogens is 1. The van der Waals surface area contributed by atoms with Crippen molar-refractivity contribution in [1.29, 1.82) is 0 Å². The van der Waals surface area contributed by atoms with E-state index in [-0.39, 0.29) is 0 Å². The summed E-state index contributed by atoms with van der Waals surface area (Å²) in [7, 11) is 2.20. The smallest absolute Gasteiger partial charge is 0.0527 e. The summed E-state index contributed by atoms with van der Waals surface area (Å²) in [5.41, 5.74) is 5.52. The lowest BCUT2D eigenvalue weighted by molar-refractivity contribution is 0.657. The second-order valence-electron chi connectivity index (χ2n) is 6.17. The van der Waals surface area contributed by atoms with Crippen molar-refractivity contribution in [2.24, 2.45) is 7.05 Å². The zero-order valence-corrected chi connectivity index (χ0v) is 13.0. The minimum atomic E-state index is 0.537. The van der Waals surface area contributed by atoms with Crippen LogP contribution in [0.25, 0.3) is 22.2 Å². The van der Waals surface area contributed by atoms with E-state index in [0.717, 1.165) is 0 Å². The van der Waals surface area contributed by atoms with Crippen molar-refractivity contribution in [2.45, 2.75) is 25.2 Å². The van der Waals surface area contributed by atoms with Crippen molar-refractivity contribution in [3.63, 3.8) is 0 Å². The van der Waals surface area contributed by atoms with Gasteiger partial charge in [0.25, 0.3) is 0 Å². The molecule has 0 amide bonds. The lowest BCUT2D eigenvalue weighted by Gasteiger charge is -2.19. The summed E-state index contributed by atoms with van der Waals surface area (Å²) in [5, 5.41) is 1.40. The monoisotopic (exact) mass is 287 g/mol. The second-order valence-corrected chi connectivity index (χ2v) is 6.17. The lowest BCUT2D eigenvalue weighted by Crippen LogP contribution is -2.02. The highest BCUT2D eigenvalue weighted by Crippen LogP contribution is 2.41. The number of para-hydroxylation sites is 1. The summed E-state index contributed by atoms with van der Waals surface area (Å²) in [6.45, 7) is 0. The fourth-order valence-corrected chi connectivity index (χ4v) is 3.80. The SMILES string of the molecule is Cn1c(-c2ccccc2)c([C@@H]2C=CCCC2)c2ccccc21. The molecule has 1 heterocycles. The van der Waals surface area contributed by atoms with Gasteiger partial charge in [0.05, 0.1) is 5.69 Å². The molecule has 3 aromatic rings. The number of fused-ring (bicyclic) bond motifs is 1. The van der Waals surface area contributed by atoms with Gasteiger partial charge in [-0.15, -0.1) is 0 Å². The van der Waals surface area contributed by atoms with Gasteiger partial charge in [-0.25, -0.2) is 0 Å². The Labute approximate surface area is 131 Å². The number of rotatable bonds is 2. The van der Waals surface area contributed by atoms with E-state index in [2.05, 4.69) is 78.4 Å². The number of allylic oxidation sites excluding steroid dienone is 2. The molecule has 0 N–H and O–H groups in total. The van der Waals surface area contributed by atoms with Crippen LogP contribution in [0.2, 0.25) is 0 Å². The number of benzene rings is 2. The zero-order valence-electron chi connectivity index (χ0n) is 13.0. The molecule has 0 unspecified atom stereocenters. The third-order valence-electron chi connectivity index (χ3n) is 4.82. The first kappa shape index (κ1) is 13.4. The van der Waals surface area contributed by atoms with Gasteiger partial charge in [-0.05, 0) is 36.5 Å². The van der Waals surface area contributed by atoms with Gasteiger partial charge < -0.3 is 4.57 Å². The van der Waals surface area contributed by atoms with E-state index in [0.29, 0.717) is 5.92 Å². The number of nitrogens with zero attached hydrogens (tertiary/aromatic N) is 1. The molecule has 0 bridgehead atoms. The van der Waals surface area contributed by atoms with E-state index in [1.54, 1.807) is 0 Å². The fraction of sp³-hybridized carbons (Fsp3) is 0.238. The minimum Gasteiger partial charge on any atom is -0.343 e. The van der Waals surface area contributed by atoms with E-state index in [4.69, 9.17) is 0 Å². The first-order chi connectivity index (χ1) is 10.9. The number of hydrogen-bond donors (Lipinski definition) is 0. The summed E-state index contributed by atoms with van der Waals surface area (Å²) in [6, 6.07) is 19.6. The van der Waals surface area contributed by atoms with Crippen LogP contribution in [-0.2, 0) is 7.05 Å². The molecule has 1 aromatic heterocycles. The van der Waals surface area contributed by atoms with Gasteiger partial charge in [0.2, 0.25) is 0 Å². The molecule has 0 saturated heterocycles.